The quantitative estimate of drug-likeness (QED) is 0.843. The van der Waals surface area contributed by atoms with Gasteiger partial charge in [0.15, 0.2) is 5.13 Å². The van der Waals surface area contributed by atoms with Crippen LogP contribution in [0.15, 0.2) is 30.3 Å². The summed E-state index contributed by atoms with van der Waals surface area (Å²) in [6.45, 7) is 0. The molecule has 2 amide bonds. The predicted octanol–water partition coefficient (Wildman–Crippen LogP) is 2.94. The zero-order valence-electron chi connectivity index (χ0n) is 12.5. The molecule has 1 aliphatic rings. The van der Waals surface area contributed by atoms with Gasteiger partial charge in [-0.15, -0.1) is 23.1 Å². The van der Waals surface area contributed by atoms with Crippen LogP contribution < -0.4 is 10.6 Å². The maximum Gasteiger partial charge on any atom is 0.236 e. The van der Waals surface area contributed by atoms with Crippen LogP contribution in [0.1, 0.15) is 17.0 Å². The van der Waals surface area contributed by atoms with Crippen molar-refractivity contribution in [3.63, 3.8) is 0 Å². The molecule has 0 radical (unpaired) electrons. The van der Waals surface area contributed by atoms with Crippen molar-refractivity contribution in [3.8, 4) is 0 Å². The van der Waals surface area contributed by atoms with E-state index in [4.69, 9.17) is 0 Å². The first-order valence-corrected chi connectivity index (χ1v) is 9.39. The Labute approximate surface area is 142 Å². The third kappa shape index (κ3) is 4.56. The number of nitrogens with one attached hydrogen (secondary N) is 2. The van der Waals surface area contributed by atoms with E-state index in [1.165, 1.54) is 16.6 Å². The first kappa shape index (κ1) is 16.0. The molecule has 7 heteroatoms. The molecule has 2 N–H and O–H groups in total. The monoisotopic (exact) mass is 347 g/mol. The van der Waals surface area contributed by atoms with Gasteiger partial charge in [-0.1, -0.05) is 18.2 Å². The average Bonchev–Trinajstić information content (AvgIpc) is 3.09. The van der Waals surface area contributed by atoms with Gasteiger partial charge in [-0.3, -0.25) is 9.59 Å². The molecule has 1 aliphatic carbocycles. The van der Waals surface area contributed by atoms with Crippen LogP contribution in [0.4, 0.5) is 10.8 Å². The largest absolute Gasteiger partial charge is 0.325 e. The summed E-state index contributed by atoms with van der Waals surface area (Å²) in [7, 11) is 0. The molecule has 0 bridgehead atoms. The standard InChI is InChI=1S/C16H17N3O2S2/c20-14(17-11-5-2-1-3-6-11)9-22-10-15(21)19-16-18-12-7-4-8-13(12)23-16/h1-3,5-6H,4,7-10H2,(H,17,20)(H,18,19,21). The Hall–Kier alpha value is -1.86. The van der Waals surface area contributed by atoms with Gasteiger partial charge < -0.3 is 10.6 Å². The highest BCUT2D eigenvalue weighted by Gasteiger charge is 2.17. The summed E-state index contributed by atoms with van der Waals surface area (Å²) < 4.78 is 0. The van der Waals surface area contributed by atoms with Crippen molar-refractivity contribution in [2.45, 2.75) is 19.3 Å². The van der Waals surface area contributed by atoms with E-state index in [1.807, 2.05) is 30.3 Å². The fourth-order valence-corrected chi connectivity index (χ4v) is 4.04. The molecule has 2 aromatic rings. The van der Waals surface area contributed by atoms with Gasteiger partial charge in [0, 0.05) is 10.6 Å². The Morgan fingerprint density at radius 2 is 1.83 bits per heavy atom. The number of thiazole rings is 1. The number of nitrogens with zero attached hydrogens (tertiary/aromatic N) is 1. The SMILES string of the molecule is O=C(CSCC(=O)Nc1nc2c(s1)CCC2)Nc1ccccc1. The summed E-state index contributed by atoms with van der Waals surface area (Å²) in [6, 6.07) is 9.28. The number of thioether (sulfide) groups is 1. The van der Waals surface area contributed by atoms with Crippen molar-refractivity contribution in [2.75, 3.05) is 22.1 Å². The van der Waals surface area contributed by atoms with Gasteiger partial charge in [0.25, 0.3) is 0 Å². The van der Waals surface area contributed by atoms with Crippen LogP contribution in [-0.2, 0) is 22.4 Å². The zero-order chi connectivity index (χ0) is 16.1. The molecule has 1 heterocycles. The Morgan fingerprint density at radius 3 is 2.57 bits per heavy atom. The second-order valence-corrected chi connectivity index (χ2v) is 7.27. The lowest BCUT2D eigenvalue weighted by Crippen LogP contribution is -2.18. The number of hydrogen-bond donors (Lipinski definition) is 2. The second kappa shape index (κ2) is 7.61. The molecule has 0 fully saturated rings. The van der Waals surface area contributed by atoms with E-state index >= 15 is 0 Å². The van der Waals surface area contributed by atoms with E-state index in [0.29, 0.717) is 5.13 Å². The average molecular weight is 347 g/mol. The fraction of sp³-hybridized carbons (Fsp3) is 0.312. The van der Waals surface area contributed by atoms with Crippen molar-refractivity contribution in [3.05, 3.63) is 40.9 Å². The first-order valence-electron chi connectivity index (χ1n) is 7.42. The number of hydrogen-bond acceptors (Lipinski definition) is 5. The van der Waals surface area contributed by atoms with Gasteiger partial charge in [-0.05, 0) is 31.4 Å². The lowest BCUT2D eigenvalue weighted by Gasteiger charge is -2.05. The highest BCUT2D eigenvalue weighted by Crippen LogP contribution is 2.30. The van der Waals surface area contributed by atoms with Gasteiger partial charge in [-0.25, -0.2) is 4.98 Å². The number of carbonyl (C=O) groups excluding carboxylic acids is 2. The van der Waals surface area contributed by atoms with E-state index in [2.05, 4.69) is 15.6 Å². The van der Waals surface area contributed by atoms with Crippen LogP contribution >= 0.6 is 23.1 Å². The lowest BCUT2D eigenvalue weighted by atomic mass is 10.3. The topological polar surface area (TPSA) is 71.1 Å². The third-order valence-electron chi connectivity index (χ3n) is 3.37. The minimum Gasteiger partial charge on any atom is -0.325 e. The summed E-state index contributed by atoms with van der Waals surface area (Å²) in [5.74, 6) is 0.264. The summed E-state index contributed by atoms with van der Waals surface area (Å²) in [4.78, 5) is 29.4. The van der Waals surface area contributed by atoms with Crippen LogP contribution in [-0.4, -0.2) is 28.3 Å². The van der Waals surface area contributed by atoms with Gasteiger partial charge in [0.2, 0.25) is 11.8 Å². The number of aryl methyl sites for hydroxylation is 2. The molecule has 120 valence electrons. The lowest BCUT2D eigenvalue weighted by molar-refractivity contribution is -0.114. The highest BCUT2D eigenvalue weighted by atomic mass is 32.2. The Morgan fingerprint density at radius 1 is 1.09 bits per heavy atom. The van der Waals surface area contributed by atoms with Crippen LogP contribution in [0.5, 0.6) is 0 Å². The predicted molar refractivity (Wildman–Crippen MR) is 95.2 cm³/mol. The van der Waals surface area contributed by atoms with E-state index < -0.39 is 0 Å². The number of anilines is 2. The smallest absolute Gasteiger partial charge is 0.236 e. The minimum atomic E-state index is -0.116. The Balaban J connectivity index is 1.38. The summed E-state index contributed by atoms with van der Waals surface area (Å²) in [6.07, 6.45) is 3.24. The molecule has 23 heavy (non-hydrogen) atoms. The van der Waals surface area contributed by atoms with E-state index in [1.54, 1.807) is 11.3 Å². The molecule has 5 nitrogen and oxygen atoms in total. The van der Waals surface area contributed by atoms with E-state index in [-0.39, 0.29) is 23.3 Å². The van der Waals surface area contributed by atoms with Crippen LogP contribution in [0.25, 0.3) is 0 Å². The molecule has 0 spiro atoms. The molecule has 0 saturated carbocycles. The Bertz CT molecular complexity index is 679. The Kier molecular flexibility index (Phi) is 5.30. The highest BCUT2D eigenvalue weighted by molar-refractivity contribution is 8.00. The normalized spacial score (nSPS) is 12.7. The molecular weight excluding hydrogens is 330 g/mol. The van der Waals surface area contributed by atoms with E-state index in [9.17, 15) is 9.59 Å². The van der Waals surface area contributed by atoms with Gasteiger partial charge in [0.05, 0.1) is 17.2 Å². The van der Waals surface area contributed by atoms with Crippen molar-refractivity contribution < 1.29 is 9.59 Å². The molecule has 0 unspecified atom stereocenters. The number of para-hydroxylation sites is 1. The molecule has 3 rings (SSSR count). The molecular formula is C16H17N3O2S2. The molecule has 1 aromatic carbocycles. The van der Waals surface area contributed by atoms with Crippen molar-refractivity contribution in [1.82, 2.24) is 4.98 Å². The molecule has 0 saturated heterocycles. The first-order chi connectivity index (χ1) is 11.2. The van der Waals surface area contributed by atoms with Crippen molar-refractivity contribution in [2.24, 2.45) is 0 Å². The van der Waals surface area contributed by atoms with Crippen molar-refractivity contribution in [1.29, 1.82) is 0 Å². The zero-order valence-corrected chi connectivity index (χ0v) is 14.1. The second-order valence-electron chi connectivity index (χ2n) is 5.20. The number of fused-ring (bicyclic) bond motifs is 1. The molecule has 0 aliphatic heterocycles. The van der Waals surface area contributed by atoms with Crippen molar-refractivity contribution >= 4 is 45.7 Å². The molecule has 0 atom stereocenters. The van der Waals surface area contributed by atoms with Gasteiger partial charge in [-0.2, -0.15) is 0 Å². The third-order valence-corrected chi connectivity index (χ3v) is 5.37. The number of benzene rings is 1. The van der Waals surface area contributed by atoms with E-state index in [0.717, 1.165) is 30.6 Å². The van der Waals surface area contributed by atoms with Gasteiger partial charge in [0.1, 0.15) is 0 Å². The number of aromatic nitrogens is 1. The van der Waals surface area contributed by atoms with Crippen LogP contribution in [0.3, 0.4) is 0 Å². The summed E-state index contributed by atoms with van der Waals surface area (Å²) in [5.41, 5.74) is 1.89. The van der Waals surface area contributed by atoms with Gasteiger partial charge >= 0.3 is 0 Å². The fourth-order valence-electron chi connectivity index (χ4n) is 2.35. The maximum absolute atomic E-state index is 11.9. The summed E-state index contributed by atoms with van der Waals surface area (Å²) >= 11 is 2.85. The maximum atomic E-state index is 11.9. The number of carbonyl (C=O) groups is 2. The van der Waals surface area contributed by atoms with Crippen LogP contribution in [0, 0.1) is 0 Å². The summed E-state index contributed by atoms with van der Waals surface area (Å²) in [5, 5.41) is 6.28. The van der Waals surface area contributed by atoms with Crippen LogP contribution in [0.2, 0.25) is 0 Å². The number of amides is 2. The number of rotatable bonds is 6. The molecule has 1 aromatic heterocycles. The minimum absolute atomic E-state index is 0.109.